The average Bonchev–Trinajstić information content (AvgIpc) is 3.99. The van der Waals surface area contributed by atoms with Gasteiger partial charge < -0.3 is 9.80 Å². The summed E-state index contributed by atoms with van der Waals surface area (Å²) in [7, 11) is 0. The van der Waals surface area contributed by atoms with Gasteiger partial charge in [-0.15, -0.1) is 11.3 Å². The van der Waals surface area contributed by atoms with Crippen LogP contribution in [0.2, 0.25) is 0 Å². The fourth-order valence-electron chi connectivity index (χ4n) is 12.1. The van der Waals surface area contributed by atoms with Crippen LogP contribution in [0.15, 0.2) is 231 Å². The van der Waals surface area contributed by atoms with Gasteiger partial charge in [0.05, 0.1) is 16.8 Å². The molecule has 1 aliphatic heterocycles. The summed E-state index contributed by atoms with van der Waals surface area (Å²) in [5, 5.41) is 2.62. The summed E-state index contributed by atoms with van der Waals surface area (Å²) in [6.45, 7) is 4.74. The molecule has 0 fully saturated rings. The van der Waals surface area contributed by atoms with Gasteiger partial charge in [0.2, 0.25) is 0 Å². The standard InChI is InChI=1S/C64H44N2S/c1-63(2)54-23-11-9-20-48(54)49-36-33-46(39-56(49)63)65(47-34-37-52-51-21-10-14-27-60(51)67-61(52)40-47)45-31-28-41(29-32-45)42-30-35-50-53-22-15-26-59-62(53)64(57(50)38-42,43-16-5-3-6-17-43)55-24-12-13-25-58(55)66(59)44-18-7-4-8-19-44/h3-40H,1-2H3. The second kappa shape index (κ2) is 14.3. The van der Waals surface area contributed by atoms with Crippen LogP contribution in [-0.4, -0.2) is 0 Å². The van der Waals surface area contributed by atoms with Crippen molar-refractivity contribution in [3.63, 3.8) is 0 Å². The van der Waals surface area contributed by atoms with Crippen molar-refractivity contribution in [3.8, 4) is 33.4 Å². The van der Waals surface area contributed by atoms with E-state index in [1.54, 1.807) is 0 Å². The summed E-state index contributed by atoms with van der Waals surface area (Å²) in [5.41, 5.74) is 22.0. The van der Waals surface area contributed by atoms with E-state index >= 15 is 0 Å². The Balaban J connectivity index is 0.925. The molecule has 0 spiro atoms. The van der Waals surface area contributed by atoms with Crippen LogP contribution < -0.4 is 9.80 Å². The number of nitrogens with zero attached hydrogens (tertiary/aromatic N) is 2. The molecule has 0 bridgehead atoms. The van der Waals surface area contributed by atoms with E-state index in [0.29, 0.717) is 0 Å². The third-order valence-corrected chi connectivity index (χ3v) is 16.2. The summed E-state index contributed by atoms with van der Waals surface area (Å²) in [5.74, 6) is 0. The molecule has 3 heteroatoms. The summed E-state index contributed by atoms with van der Waals surface area (Å²) >= 11 is 1.87. The molecule has 3 aliphatic rings. The highest BCUT2D eigenvalue weighted by molar-refractivity contribution is 7.25. The molecule has 67 heavy (non-hydrogen) atoms. The van der Waals surface area contributed by atoms with E-state index in [9.17, 15) is 0 Å². The molecule has 0 radical (unpaired) electrons. The normalized spacial score (nSPS) is 15.8. The number of anilines is 6. The van der Waals surface area contributed by atoms with Gasteiger partial charge in [-0.2, -0.15) is 0 Å². The van der Waals surface area contributed by atoms with Gasteiger partial charge in [0.1, 0.15) is 0 Å². The summed E-state index contributed by atoms with van der Waals surface area (Å²) in [4.78, 5) is 4.92. The van der Waals surface area contributed by atoms with Crippen LogP contribution in [0.5, 0.6) is 0 Å². The lowest BCUT2D eigenvalue weighted by Crippen LogP contribution is -2.35. The fraction of sp³-hybridized carbons (Fsp3) is 0.0625. The maximum absolute atomic E-state index is 2.49. The molecule has 1 unspecified atom stereocenters. The van der Waals surface area contributed by atoms with E-state index in [4.69, 9.17) is 0 Å². The number of para-hydroxylation sites is 2. The van der Waals surface area contributed by atoms with Gasteiger partial charge >= 0.3 is 0 Å². The predicted molar refractivity (Wildman–Crippen MR) is 283 cm³/mol. The van der Waals surface area contributed by atoms with Gasteiger partial charge in [0.15, 0.2) is 0 Å². The van der Waals surface area contributed by atoms with Gasteiger partial charge in [0, 0.05) is 53.9 Å². The third kappa shape index (κ3) is 5.38. The van der Waals surface area contributed by atoms with Crippen LogP contribution in [0.4, 0.5) is 34.1 Å². The summed E-state index contributed by atoms with van der Waals surface area (Å²) in [6, 6.07) is 86.2. The van der Waals surface area contributed by atoms with Gasteiger partial charge in [-0.05, 0) is 134 Å². The Morgan fingerprint density at radius 3 is 1.84 bits per heavy atom. The Kier molecular flexibility index (Phi) is 8.15. The second-order valence-corrected chi connectivity index (χ2v) is 19.9. The van der Waals surface area contributed by atoms with Crippen molar-refractivity contribution in [2.24, 2.45) is 0 Å². The first kappa shape index (κ1) is 38.3. The molecule has 1 atom stereocenters. The topological polar surface area (TPSA) is 6.48 Å². The lowest BCUT2D eigenvalue weighted by molar-refractivity contribution is 0.660. The van der Waals surface area contributed by atoms with Crippen LogP contribution in [-0.2, 0) is 10.8 Å². The molecule has 0 N–H and O–H groups in total. The monoisotopic (exact) mass is 872 g/mol. The molecule has 2 heterocycles. The fourth-order valence-corrected chi connectivity index (χ4v) is 13.2. The van der Waals surface area contributed by atoms with Gasteiger partial charge in [-0.3, -0.25) is 0 Å². The van der Waals surface area contributed by atoms with Crippen molar-refractivity contribution < 1.29 is 0 Å². The Morgan fingerprint density at radius 2 is 0.985 bits per heavy atom. The van der Waals surface area contributed by atoms with Crippen LogP contribution >= 0.6 is 11.3 Å². The van der Waals surface area contributed by atoms with E-state index in [2.05, 4.69) is 254 Å². The van der Waals surface area contributed by atoms with Crippen LogP contribution in [0, 0.1) is 0 Å². The third-order valence-electron chi connectivity index (χ3n) is 15.0. The molecule has 11 aromatic rings. The minimum Gasteiger partial charge on any atom is -0.310 e. The number of fused-ring (bicyclic) bond motifs is 11. The molecular formula is C64H44N2S. The van der Waals surface area contributed by atoms with E-state index < -0.39 is 5.41 Å². The van der Waals surface area contributed by atoms with Gasteiger partial charge in [0.25, 0.3) is 0 Å². The van der Waals surface area contributed by atoms with Crippen molar-refractivity contribution >= 4 is 65.6 Å². The Bertz CT molecular complexity index is 3790. The minimum absolute atomic E-state index is 0.114. The number of benzene rings is 10. The Labute approximate surface area is 395 Å². The summed E-state index contributed by atoms with van der Waals surface area (Å²) in [6.07, 6.45) is 0. The van der Waals surface area contributed by atoms with Crippen molar-refractivity contribution in [2.75, 3.05) is 9.80 Å². The average molecular weight is 873 g/mol. The van der Waals surface area contributed by atoms with E-state index in [-0.39, 0.29) is 5.41 Å². The Morgan fingerprint density at radius 1 is 0.388 bits per heavy atom. The highest BCUT2D eigenvalue weighted by atomic mass is 32.1. The van der Waals surface area contributed by atoms with Gasteiger partial charge in [-0.1, -0.05) is 172 Å². The molecule has 14 rings (SSSR count). The first-order chi connectivity index (χ1) is 33.0. The smallest absolute Gasteiger partial charge is 0.0754 e. The lowest BCUT2D eigenvalue weighted by atomic mass is 9.64. The van der Waals surface area contributed by atoms with Gasteiger partial charge in [-0.25, -0.2) is 0 Å². The number of thiophene rings is 1. The molecule has 316 valence electrons. The first-order valence-electron chi connectivity index (χ1n) is 23.3. The van der Waals surface area contributed by atoms with E-state index in [1.165, 1.54) is 98.3 Å². The molecular weight excluding hydrogens is 829 g/mol. The highest BCUT2D eigenvalue weighted by Crippen LogP contribution is 2.65. The largest absolute Gasteiger partial charge is 0.310 e. The molecule has 1 aromatic heterocycles. The molecule has 0 saturated carbocycles. The van der Waals surface area contributed by atoms with Crippen molar-refractivity contribution in [1.82, 2.24) is 0 Å². The molecule has 2 nitrogen and oxygen atoms in total. The zero-order valence-corrected chi connectivity index (χ0v) is 38.1. The van der Waals surface area contributed by atoms with E-state index in [1.807, 2.05) is 11.3 Å². The predicted octanol–water partition coefficient (Wildman–Crippen LogP) is 17.6. The molecule has 2 aliphatic carbocycles. The maximum atomic E-state index is 2.49. The highest BCUT2D eigenvalue weighted by Gasteiger charge is 2.52. The number of hydrogen-bond donors (Lipinski definition) is 0. The SMILES string of the molecule is CC1(C)c2ccccc2-c2ccc(N(c3ccc(-c4ccc5c(c4)C4(c6ccccc6)c6ccccc6N(c6ccccc6)c6cccc-5c64)cc3)c3ccc4c(c3)sc3ccccc34)cc21. The molecule has 0 saturated heterocycles. The van der Waals surface area contributed by atoms with Crippen LogP contribution in [0.1, 0.15) is 47.2 Å². The van der Waals surface area contributed by atoms with Crippen molar-refractivity contribution in [1.29, 1.82) is 0 Å². The van der Waals surface area contributed by atoms with Crippen molar-refractivity contribution in [3.05, 3.63) is 264 Å². The quantitative estimate of drug-likeness (QED) is 0.164. The van der Waals surface area contributed by atoms with Crippen LogP contribution in [0.3, 0.4) is 0 Å². The zero-order valence-electron chi connectivity index (χ0n) is 37.2. The van der Waals surface area contributed by atoms with Crippen molar-refractivity contribution in [2.45, 2.75) is 24.7 Å². The molecule has 0 amide bonds. The maximum Gasteiger partial charge on any atom is 0.0754 e. The van der Waals surface area contributed by atoms with E-state index in [0.717, 1.165) is 22.7 Å². The number of rotatable bonds is 6. The summed E-state index contributed by atoms with van der Waals surface area (Å²) < 4.78 is 2.61. The minimum atomic E-state index is -0.511. The number of hydrogen-bond acceptors (Lipinski definition) is 3. The first-order valence-corrected chi connectivity index (χ1v) is 24.1. The zero-order chi connectivity index (χ0) is 44.4. The lowest BCUT2D eigenvalue weighted by Gasteiger charge is -2.44. The Hall–Kier alpha value is -7.98. The van der Waals surface area contributed by atoms with Crippen LogP contribution in [0.25, 0.3) is 53.6 Å². The molecule has 10 aromatic carbocycles. The second-order valence-electron chi connectivity index (χ2n) is 18.8.